The van der Waals surface area contributed by atoms with Gasteiger partial charge in [0.05, 0.1) is 18.7 Å². The number of carbonyl (C=O) groups is 2. The van der Waals surface area contributed by atoms with Gasteiger partial charge in [-0.3, -0.25) is 9.59 Å². The van der Waals surface area contributed by atoms with E-state index in [4.69, 9.17) is 4.74 Å². The first-order valence-electron chi connectivity index (χ1n) is 7.92. The Bertz CT molecular complexity index is 814. The number of hydrogen-bond acceptors (Lipinski definition) is 4. The van der Waals surface area contributed by atoms with Crippen LogP contribution in [0, 0.1) is 0 Å². The lowest BCUT2D eigenvalue weighted by atomic mass is 9.90. The predicted octanol–water partition coefficient (Wildman–Crippen LogP) is 1.63. The minimum atomic E-state index is -0.853. The second kappa shape index (κ2) is 5.76. The zero-order valence-corrected chi connectivity index (χ0v) is 13.0. The number of amides is 1. The van der Waals surface area contributed by atoms with Gasteiger partial charge in [0.25, 0.3) is 5.91 Å². The number of ether oxygens (including phenoxy) is 1. The van der Waals surface area contributed by atoms with E-state index in [2.05, 4.69) is 4.98 Å². The van der Waals surface area contributed by atoms with E-state index in [0.29, 0.717) is 49.7 Å². The maximum absolute atomic E-state index is 13.0. The fraction of sp³-hybridized carbons (Fsp3) is 0.353. The quantitative estimate of drug-likeness (QED) is 0.906. The Morgan fingerprint density at radius 3 is 2.92 bits per heavy atom. The molecule has 1 N–H and O–H groups in total. The average molecular weight is 327 g/mol. The Hall–Kier alpha value is -2.67. The van der Waals surface area contributed by atoms with E-state index in [1.165, 1.54) is 0 Å². The smallest absolute Gasteiger partial charge is 0.311 e. The van der Waals surface area contributed by atoms with E-state index in [1.54, 1.807) is 29.3 Å². The minimum absolute atomic E-state index is 0.146. The molecule has 4 rings (SSSR count). The molecule has 1 aromatic carbocycles. The summed E-state index contributed by atoms with van der Waals surface area (Å²) in [7, 11) is 0. The molecular formula is C17H17N3O4. The lowest BCUT2D eigenvalue weighted by Crippen LogP contribution is -2.39. The summed E-state index contributed by atoms with van der Waals surface area (Å²) in [6.07, 6.45) is 1.99. The largest absolute Gasteiger partial charge is 0.481 e. The normalized spacial score (nSPS) is 19.5. The number of fused-ring (bicyclic) bond motifs is 2. The third-order valence-corrected chi connectivity index (χ3v) is 4.64. The van der Waals surface area contributed by atoms with Crippen molar-refractivity contribution in [1.29, 1.82) is 0 Å². The van der Waals surface area contributed by atoms with Crippen LogP contribution in [0.1, 0.15) is 34.2 Å². The molecular weight excluding hydrogens is 310 g/mol. The maximum Gasteiger partial charge on any atom is 0.311 e. The third kappa shape index (κ3) is 2.28. The second-order valence-corrected chi connectivity index (χ2v) is 5.96. The van der Waals surface area contributed by atoms with Gasteiger partial charge in [-0.25, -0.2) is 4.98 Å². The van der Waals surface area contributed by atoms with E-state index >= 15 is 0 Å². The summed E-state index contributed by atoms with van der Waals surface area (Å²) in [4.78, 5) is 30.5. The lowest BCUT2D eigenvalue weighted by molar-refractivity contribution is -0.139. The van der Waals surface area contributed by atoms with Crippen molar-refractivity contribution < 1.29 is 19.4 Å². The summed E-state index contributed by atoms with van der Waals surface area (Å²) in [5.41, 5.74) is 1.88. The van der Waals surface area contributed by atoms with Crippen molar-refractivity contribution in [2.75, 3.05) is 18.1 Å². The summed E-state index contributed by atoms with van der Waals surface area (Å²) in [5, 5.41) is 9.42. The zero-order valence-electron chi connectivity index (χ0n) is 13.0. The number of aliphatic carboxylic acids is 1. The molecule has 0 saturated heterocycles. The molecule has 0 fully saturated rings. The van der Waals surface area contributed by atoms with Gasteiger partial charge < -0.3 is 19.3 Å². The molecule has 2 aliphatic rings. The Kier molecular flexibility index (Phi) is 3.57. The summed E-state index contributed by atoms with van der Waals surface area (Å²) >= 11 is 0. The minimum Gasteiger partial charge on any atom is -0.481 e. The molecule has 24 heavy (non-hydrogen) atoms. The van der Waals surface area contributed by atoms with Gasteiger partial charge in [0.1, 0.15) is 18.1 Å². The summed E-state index contributed by atoms with van der Waals surface area (Å²) in [5.74, 6) is -0.823. The Morgan fingerprint density at radius 2 is 2.08 bits per heavy atom. The molecule has 0 saturated carbocycles. The second-order valence-electron chi connectivity index (χ2n) is 5.96. The molecule has 1 aromatic heterocycles. The molecule has 1 atom stereocenters. The van der Waals surface area contributed by atoms with Crippen LogP contribution in [-0.4, -0.2) is 39.7 Å². The Labute approximate surface area is 138 Å². The fourth-order valence-electron chi connectivity index (χ4n) is 3.44. The van der Waals surface area contributed by atoms with Gasteiger partial charge in [0.15, 0.2) is 0 Å². The van der Waals surface area contributed by atoms with E-state index in [0.717, 1.165) is 5.82 Å². The van der Waals surface area contributed by atoms with Crippen LogP contribution < -0.4 is 4.90 Å². The number of anilines is 1. The van der Waals surface area contributed by atoms with E-state index in [-0.39, 0.29) is 5.91 Å². The topological polar surface area (TPSA) is 84.7 Å². The van der Waals surface area contributed by atoms with E-state index in [1.807, 2.05) is 10.6 Å². The van der Waals surface area contributed by atoms with Crippen molar-refractivity contribution in [2.24, 2.45) is 0 Å². The summed E-state index contributed by atoms with van der Waals surface area (Å²) in [6.45, 7) is 1.94. The number of benzene rings is 1. The lowest BCUT2D eigenvalue weighted by Gasteiger charge is -2.33. The Morgan fingerprint density at radius 1 is 1.25 bits per heavy atom. The van der Waals surface area contributed by atoms with Crippen LogP contribution in [0.15, 0.2) is 30.5 Å². The first kappa shape index (κ1) is 14.9. The van der Waals surface area contributed by atoms with Crippen LogP contribution in [0.25, 0.3) is 0 Å². The van der Waals surface area contributed by atoms with Crippen LogP contribution in [0.3, 0.4) is 0 Å². The molecule has 3 heterocycles. The van der Waals surface area contributed by atoms with Crippen molar-refractivity contribution in [3.8, 4) is 0 Å². The van der Waals surface area contributed by atoms with Crippen molar-refractivity contribution in [3.05, 3.63) is 47.5 Å². The number of aromatic nitrogens is 2. The number of carboxylic acid groups (broad SMARTS) is 1. The van der Waals surface area contributed by atoms with Gasteiger partial charge in [0.2, 0.25) is 0 Å². The number of rotatable bonds is 2. The van der Waals surface area contributed by atoms with Crippen molar-refractivity contribution in [3.63, 3.8) is 0 Å². The number of imidazole rings is 1. The number of carboxylic acids is 1. The van der Waals surface area contributed by atoms with Crippen molar-refractivity contribution in [2.45, 2.75) is 25.5 Å². The standard InChI is InChI=1S/C17H17N3O4/c21-16(14-9-18-15-10-24-8-7-19(14)15)20-6-5-12(17(22)23)11-3-1-2-4-13(11)20/h1-4,9,12H,5-8,10H2,(H,22,23). The first-order valence-corrected chi connectivity index (χ1v) is 7.92. The van der Waals surface area contributed by atoms with Gasteiger partial charge in [-0.05, 0) is 18.1 Å². The highest BCUT2D eigenvalue weighted by atomic mass is 16.5. The highest BCUT2D eigenvalue weighted by molar-refractivity contribution is 6.06. The SMILES string of the molecule is O=C(O)C1CCN(C(=O)c2cnc3n2CCOC3)c2ccccc21. The molecule has 2 aromatic rings. The average Bonchev–Trinajstić information content (AvgIpc) is 3.04. The maximum atomic E-state index is 13.0. The molecule has 2 aliphatic heterocycles. The van der Waals surface area contributed by atoms with Crippen LogP contribution >= 0.6 is 0 Å². The van der Waals surface area contributed by atoms with Crippen LogP contribution in [0.5, 0.6) is 0 Å². The van der Waals surface area contributed by atoms with Gasteiger partial charge in [-0.2, -0.15) is 0 Å². The zero-order chi connectivity index (χ0) is 16.7. The molecule has 1 amide bonds. The van der Waals surface area contributed by atoms with Crippen molar-refractivity contribution >= 4 is 17.6 Å². The molecule has 0 aliphatic carbocycles. The van der Waals surface area contributed by atoms with Gasteiger partial charge in [-0.15, -0.1) is 0 Å². The van der Waals surface area contributed by atoms with Crippen LogP contribution in [0.2, 0.25) is 0 Å². The molecule has 124 valence electrons. The van der Waals surface area contributed by atoms with Gasteiger partial charge >= 0.3 is 5.97 Å². The van der Waals surface area contributed by atoms with Gasteiger partial charge in [0, 0.05) is 18.8 Å². The van der Waals surface area contributed by atoms with E-state index in [9.17, 15) is 14.7 Å². The molecule has 0 spiro atoms. The Balaban J connectivity index is 1.72. The number of carbonyl (C=O) groups excluding carboxylic acids is 1. The molecule has 1 unspecified atom stereocenters. The monoisotopic (exact) mass is 327 g/mol. The first-order chi connectivity index (χ1) is 11.7. The fourth-order valence-corrected chi connectivity index (χ4v) is 3.44. The molecule has 0 radical (unpaired) electrons. The van der Waals surface area contributed by atoms with Crippen molar-refractivity contribution in [1.82, 2.24) is 9.55 Å². The van der Waals surface area contributed by atoms with Crippen LogP contribution in [0.4, 0.5) is 5.69 Å². The molecule has 7 nitrogen and oxygen atoms in total. The summed E-state index contributed by atoms with van der Waals surface area (Å²) < 4.78 is 7.24. The molecule has 7 heteroatoms. The third-order valence-electron chi connectivity index (χ3n) is 4.64. The number of hydrogen-bond donors (Lipinski definition) is 1. The highest BCUT2D eigenvalue weighted by Crippen LogP contribution is 2.36. The van der Waals surface area contributed by atoms with Gasteiger partial charge in [-0.1, -0.05) is 18.2 Å². The number of nitrogens with zero attached hydrogens (tertiary/aromatic N) is 3. The number of para-hydroxylation sites is 1. The highest BCUT2D eigenvalue weighted by Gasteiger charge is 2.34. The predicted molar refractivity (Wildman–Crippen MR) is 85.0 cm³/mol. The van der Waals surface area contributed by atoms with E-state index < -0.39 is 11.9 Å². The molecule has 0 bridgehead atoms. The van der Waals surface area contributed by atoms with Crippen LogP contribution in [-0.2, 0) is 22.7 Å². The summed E-state index contributed by atoms with van der Waals surface area (Å²) in [6, 6.07) is 7.22.